The zero-order chi connectivity index (χ0) is 14.6. The van der Waals surface area contributed by atoms with Gasteiger partial charge in [-0.25, -0.2) is 0 Å². The van der Waals surface area contributed by atoms with Crippen molar-refractivity contribution in [3.05, 3.63) is 33.6 Å². The average Bonchev–Trinajstić information content (AvgIpc) is 2.35. The van der Waals surface area contributed by atoms with Crippen molar-refractivity contribution >= 4 is 22.6 Å². The monoisotopic (exact) mass is 286 g/mol. The number of nitro groups is 1. The fraction of sp³-hybridized carbons (Fsp3) is 0.455. The Labute approximate surface area is 113 Å². The molecule has 2 atom stereocenters. The Hall–Kier alpha value is -1.51. The van der Waals surface area contributed by atoms with Crippen molar-refractivity contribution in [3.8, 4) is 0 Å². The summed E-state index contributed by atoms with van der Waals surface area (Å²) in [6, 6.07) is 1.18. The Morgan fingerprint density at radius 2 is 2.21 bits per heavy atom. The van der Waals surface area contributed by atoms with Gasteiger partial charge in [0.05, 0.1) is 11.0 Å². The van der Waals surface area contributed by atoms with Crippen LogP contribution in [0.4, 0.5) is 5.69 Å². The van der Waals surface area contributed by atoms with Gasteiger partial charge in [-0.15, -0.1) is 0 Å². The summed E-state index contributed by atoms with van der Waals surface area (Å²) in [7, 11) is 0. The summed E-state index contributed by atoms with van der Waals surface area (Å²) < 4.78 is 0. The summed E-state index contributed by atoms with van der Waals surface area (Å²) in [4.78, 5) is 24.6. The predicted octanol–water partition coefficient (Wildman–Crippen LogP) is 0.972. The fourth-order valence-corrected chi connectivity index (χ4v) is 2.03. The van der Waals surface area contributed by atoms with E-state index in [9.17, 15) is 25.1 Å². The van der Waals surface area contributed by atoms with E-state index in [1.54, 1.807) is 6.92 Å². The van der Waals surface area contributed by atoms with Crippen LogP contribution in [-0.4, -0.2) is 37.1 Å². The van der Waals surface area contributed by atoms with E-state index in [2.05, 4.69) is 4.98 Å². The summed E-state index contributed by atoms with van der Waals surface area (Å²) in [6.45, 7) is 2.93. The van der Waals surface area contributed by atoms with E-state index in [0.717, 1.165) is 18.0 Å². The average molecular weight is 286 g/mol. The number of rotatable bonds is 5. The van der Waals surface area contributed by atoms with E-state index in [1.165, 1.54) is 13.0 Å². The van der Waals surface area contributed by atoms with E-state index < -0.39 is 17.1 Å². The number of carbonyl (C=O) groups excluding carboxylic acids is 1. The van der Waals surface area contributed by atoms with Gasteiger partial charge in [-0.1, -0.05) is 11.8 Å². The first-order chi connectivity index (χ1) is 8.82. The minimum Gasteiger partial charge on any atom is -0.389 e. The number of nitrogens with zero attached hydrogens (tertiary/aromatic N) is 2. The number of thioether (sulfide) groups is 1. The van der Waals surface area contributed by atoms with Crippen molar-refractivity contribution in [2.45, 2.75) is 26.1 Å². The first-order valence-corrected chi connectivity index (χ1v) is 6.42. The number of pyridine rings is 1. The maximum atomic E-state index is 10.8. The fourth-order valence-electron chi connectivity index (χ4n) is 1.44. The molecule has 0 saturated carbocycles. The number of hydrogen-bond donors (Lipinski definition) is 2. The van der Waals surface area contributed by atoms with Crippen molar-refractivity contribution in [1.29, 1.82) is 0 Å². The van der Waals surface area contributed by atoms with E-state index in [-0.39, 0.29) is 22.1 Å². The predicted molar refractivity (Wildman–Crippen MR) is 69.7 cm³/mol. The molecule has 104 valence electrons. The molecule has 7 nitrogen and oxygen atoms in total. The summed E-state index contributed by atoms with van der Waals surface area (Å²) in [5.74, 6) is 0.0125. The van der Waals surface area contributed by atoms with Gasteiger partial charge in [-0.05, 0) is 6.92 Å². The van der Waals surface area contributed by atoms with Crippen LogP contribution in [0, 0.1) is 17.0 Å². The third-order valence-electron chi connectivity index (χ3n) is 2.46. The van der Waals surface area contributed by atoms with Gasteiger partial charge >= 0.3 is 0 Å². The summed E-state index contributed by atoms with van der Waals surface area (Å²) in [5.41, 5.74) is 0.321. The molecule has 8 heteroatoms. The molecule has 1 aromatic heterocycles. The Morgan fingerprint density at radius 3 is 2.74 bits per heavy atom. The van der Waals surface area contributed by atoms with E-state index >= 15 is 0 Å². The number of aliphatic hydroxyl groups is 2. The molecule has 1 heterocycles. The molecule has 0 saturated heterocycles. The molecule has 0 radical (unpaired) electrons. The summed E-state index contributed by atoms with van der Waals surface area (Å²) >= 11 is 0.876. The topological polar surface area (TPSA) is 114 Å². The number of carbonyl (C=O) groups is 1. The smallest absolute Gasteiger partial charge is 0.287 e. The molecule has 0 aliphatic carbocycles. The Kier molecular flexibility index (Phi) is 5.40. The Balaban J connectivity index is 2.91. The van der Waals surface area contributed by atoms with Gasteiger partial charge in [0.1, 0.15) is 12.3 Å². The molecular weight excluding hydrogens is 272 g/mol. The van der Waals surface area contributed by atoms with Crippen LogP contribution < -0.4 is 0 Å². The molecule has 0 bridgehead atoms. The number of hydrogen-bond acceptors (Lipinski definition) is 7. The number of aliphatic hydroxyl groups excluding tert-OH is 2. The minimum atomic E-state index is -1.32. The SMILES string of the molecule is CC(=O)SCC(O)C(O)c1cc([N+](=O)[O-])cnc1C. The zero-order valence-electron chi connectivity index (χ0n) is 10.4. The lowest BCUT2D eigenvalue weighted by molar-refractivity contribution is -0.385. The highest BCUT2D eigenvalue weighted by molar-refractivity contribution is 8.13. The molecule has 0 aliphatic heterocycles. The molecule has 0 aliphatic rings. The highest BCUT2D eigenvalue weighted by Crippen LogP contribution is 2.25. The van der Waals surface area contributed by atoms with Crippen LogP contribution in [0.3, 0.4) is 0 Å². The molecule has 2 N–H and O–H groups in total. The van der Waals surface area contributed by atoms with Crippen molar-refractivity contribution in [2.75, 3.05) is 5.75 Å². The molecule has 0 aromatic carbocycles. The Bertz CT molecular complexity index is 494. The molecule has 19 heavy (non-hydrogen) atoms. The van der Waals surface area contributed by atoms with Crippen molar-refractivity contribution in [3.63, 3.8) is 0 Å². The second-order valence-corrected chi connectivity index (χ2v) is 5.14. The first-order valence-electron chi connectivity index (χ1n) is 5.43. The second kappa shape index (κ2) is 6.60. The van der Waals surface area contributed by atoms with Crippen molar-refractivity contribution < 1.29 is 19.9 Å². The van der Waals surface area contributed by atoms with Crippen LogP contribution in [0.2, 0.25) is 0 Å². The van der Waals surface area contributed by atoms with Gasteiger partial charge in [-0.2, -0.15) is 0 Å². The molecule has 2 unspecified atom stereocenters. The molecule has 1 rings (SSSR count). The van der Waals surface area contributed by atoms with Crippen molar-refractivity contribution in [1.82, 2.24) is 4.98 Å². The summed E-state index contributed by atoms with van der Waals surface area (Å²) in [6.07, 6.45) is -1.43. The van der Waals surface area contributed by atoms with E-state index in [1.807, 2.05) is 0 Å². The normalized spacial score (nSPS) is 13.9. The molecule has 0 amide bonds. The largest absolute Gasteiger partial charge is 0.389 e. The third kappa shape index (κ3) is 4.27. The van der Waals surface area contributed by atoms with Crippen LogP contribution in [0.5, 0.6) is 0 Å². The van der Waals surface area contributed by atoms with Crippen LogP contribution in [-0.2, 0) is 4.79 Å². The van der Waals surface area contributed by atoms with Crippen LogP contribution in [0.15, 0.2) is 12.3 Å². The molecule has 1 aromatic rings. The quantitative estimate of drug-likeness (QED) is 0.612. The van der Waals surface area contributed by atoms with Gasteiger partial charge in [-0.3, -0.25) is 19.9 Å². The molecular formula is C11H14N2O5S. The van der Waals surface area contributed by atoms with Crippen LogP contribution in [0.1, 0.15) is 24.3 Å². The maximum absolute atomic E-state index is 10.8. The van der Waals surface area contributed by atoms with E-state index in [4.69, 9.17) is 0 Å². The van der Waals surface area contributed by atoms with E-state index in [0.29, 0.717) is 5.69 Å². The third-order valence-corrected chi connectivity index (χ3v) is 3.38. The van der Waals surface area contributed by atoms with Crippen LogP contribution in [0.25, 0.3) is 0 Å². The van der Waals surface area contributed by atoms with Gasteiger partial charge in [0.2, 0.25) is 0 Å². The lowest BCUT2D eigenvalue weighted by Gasteiger charge is -2.18. The number of aryl methyl sites for hydroxylation is 1. The Morgan fingerprint density at radius 1 is 1.58 bits per heavy atom. The standard InChI is InChI=1S/C11H14N2O5S/c1-6-9(3-8(4-12-6)13(17)18)11(16)10(15)5-19-7(2)14/h3-4,10-11,15-16H,5H2,1-2H3. The number of aromatic nitrogens is 1. The lowest BCUT2D eigenvalue weighted by atomic mass is 10.0. The second-order valence-electron chi connectivity index (χ2n) is 3.94. The lowest BCUT2D eigenvalue weighted by Crippen LogP contribution is -2.22. The van der Waals surface area contributed by atoms with Gasteiger partial charge in [0, 0.05) is 30.0 Å². The highest BCUT2D eigenvalue weighted by atomic mass is 32.2. The summed E-state index contributed by atoms with van der Waals surface area (Å²) in [5, 5.41) is 30.2. The van der Waals surface area contributed by atoms with Crippen LogP contribution >= 0.6 is 11.8 Å². The first kappa shape index (κ1) is 15.5. The zero-order valence-corrected chi connectivity index (χ0v) is 11.3. The minimum absolute atomic E-state index is 0.0125. The maximum Gasteiger partial charge on any atom is 0.287 e. The van der Waals surface area contributed by atoms with Gasteiger partial charge in [0.15, 0.2) is 5.12 Å². The van der Waals surface area contributed by atoms with Crippen molar-refractivity contribution in [2.24, 2.45) is 0 Å². The van der Waals surface area contributed by atoms with Gasteiger partial charge in [0.25, 0.3) is 5.69 Å². The van der Waals surface area contributed by atoms with Gasteiger partial charge < -0.3 is 10.2 Å². The molecule has 0 spiro atoms. The highest BCUT2D eigenvalue weighted by Gasteiger charge is 2.23. The molecule has 0 fully saturated rings.